The Hall–Kier alpha value is -0.860. The second-order valence-corrected chi connectivity index (χ2v) is 7.74. The number of allylic oxidation sites excluding steroid dienone is 2. The third-order valence-electron chi connectivity index (χ3n) is 5.01. The van der Waals surface area contributed by atoms with Crippen molar-refractivity contribution in [3.05, 3.63) is 53.6 Å². The molecule has 1 aromatic carbocycles. The number of rotatable bonds is 11. The summed E-state index contributed by atoms with van der Waals surface area (Å²) in [6.07, 6.45) is 6.93. The van der Waals surface area contributed by atoms with Gasteiger partial charge in [0.15, 0.2) is 0 Å². The molecule has 2 rings (SSSR count). The summed E-state index contributed by atoms with van der Waals surface area (Å²) >= 11 is 5.89. The van der Waals surface area contributed by atoms with Crippen molar-refractivity contribution in [1.82, 2.24) is 0 Å². The summed E-state index contributed by atoms with van der Waals surface area (Å²) in [7, 11) is 0. The van der Waals surface area contributed by atoms with E-state index < -0.39 is 24.3 Å². The Labute approximate surface area is 204 Å². The van der Waals surface area contributed by atoms with E-state index in [-0.39, 0.29) is 60.8 Å². The predicted molar refractivity (Wildman–Crippen MR) is 108 cm³/mol. The summed E-state index contributed by atoms with van der Waals surface area (Å²) < 4.78 is 5.50. The number of carbonyl (C=O) groups excluding carboxylic acids is 1. The quantitative estimate of drug-likeness (QED) is 0.225. The Morgan fingerprint density at radius 1 is 1.30 bits per heavy atom. The van der Waals surface area contributed by atoms with E-state index in [0.717, 1.165) is 0 Å². The molecular formula is C22H28ClNaO6. The van der Waals surface area contributed by atoms with Crippen LogP contribution in [0.25, 0.3) is 0 Å². The molecule has 1 saturated carbocycles. The number of unbranched alkanes of at least 4 members (excludes halogenated alkanes) is 1. The van der Waals surface area contributed by atoms with Crippen LogP contribution in [0.2, 0.25) is 5.02 Å². The van der Waals surface area contributed by atoms with E-state index in [0.29, 0.717) is 30.0 Å². The molecule has 1 fully saturated rings. The zero-order chi connectivity index (χ0) is 21.2. The molecule has 5 atom stereocenters. The van der Waals surface area contributed by atoms with Crippen LogP contribution in [0.4, 0.5) is 0 Å². The molecule has 0 heterocycles. The van der Waals surface area contributed by atoms with Crippen molar-refractivity contribution in [3.63, 3.8) is 0 Å². The third-order valence-corrected chi connectivity index (χ3v) is 5.25. The van der Waals surface area contributed by atoms with Crippen LogP contribution in [-0.2, 0) is 4.79 Å². The summed E-state index contributed by atoms with van der Waals surface area (Å²) in [6.45, 7) is 0.0468. The Kier molecular flexibility index (Phi) is 12.9. The molecule has 0 saturated heterocycles. The van der Waals surface area contributed by atoms with E-state index in [4.69, 9.17) is 16.3 Å². The Balaban J connectivity index is 0.00000450. The molecule has 0 spiro atoms. The van der Waals surface area contributed by atoms with Crippen LogP contribution in [0.15, 0.2) is 48.6 Å². The van der Waals surface area contributed by atoms with E-state index in [1.165, 1.54) is 0 Å². The third kappa shape index (κ3) is 9.52. The minimum atomic E-state index is -1.06. The van der Waals surface area contributed by atoms with Gasteiger partial charge in [-0.2, -0.15) is 0 Å². The number of ether oxygens (including phenoxy) is 1. The van der Waals surface area contributed by atoms with Crippen molar-refractivity contribution in [2.45, 2.75) is 50.4 Å². The molecule has 6 nitrogen and oxygen atoms in total. The van der Waals surface area contributed by atoms with Crippen LogP contribution < -0.4 is 39.4 Å². The van der Waals surface area contributed by atoms with Crippen molar-refractivity contribution in [3.8, 4) is 5.75 Å². The number of aliphatic hydroxyl groups excluding tert-OH is 3. The predicted octanol–water partition coefficient (Wildman–Crippen LogP) is -1.14. The van der Waals surface area contributed by atoms with Gasteiger partial charge in [0.2, 0.25) is 0 Å². The first kappa shape index (κ1) is 27.2. The number of benzene rings is 1. The number of aliphatic carboxylic acids is 1. The number of carbonyl (C=O) groups is 1. The van der Waals surface area contributed by atoms with Gasteiger partial charge in [-0.3, -0.25) is 0 Å². The molecule has 1 aliphatic rings. The monoisotopic (exact) mass is 446 g/mol. The number of hydrogen-bond acceptors (Lipinski definition) is 6. The summed E-state index contributed by atoms with van der Waals surface area (Å²) in [5.41, 5.74) is 0. The second kappa shape index (κ2) is 14.2. The molecule has 0 aliphatic heterocycles. The fraction of sp³-hybridized carbons (Fsp3) is 0.500. The molecule has 8 heteroatoms. The summed E-state index contributed by atoms with van der Waals surface area (Å²) in [5.74, 6) is -0.947. The maximum Gasteiger partial charge on any atom is 1.00 e. The fourth-order valence-corrected chi connectivity index (χ4v) is 3.67. The molecule has 160 valence electrons. The SMILES string of the molecule is O=C([O-])CCC/C=C\C[C@@H]1C(/C=C/[C@@H](O)COc2cccc(Cl)c2)[C@H](O)C[C@@H]1O.[Na+]. The number of aliphatic hydroxyl groups is 3. The Bertz CT molecular complexity index is 711. The number of carboxylic acid groups (broad SMARTS) is 1. The number of hydrogen-bond donors (Lipinski definition) is 3. The molecule has 0 aromatic heterocycles. The van der Waals surface area contributed by atoms with Crippen molar-refractivity contribution < 1.29 is 59.5 Å². The van der Waals surface area contributed by atoms with Gasteiger partial charge in [-0.25, -0.2) is 0 Å². The van der Waals surface area contributed by atoms with Gasteiger partial charge in [-0.1, -0.05) is 42.0 Å². The molecule has 0 radical (unpaired) electrons. The average Bonchev–Trinajstić information content (AvgIpc) is 2.93. The Morgan fingerprint density at radius 3 is 2.77 bits per heavy atom. The zero-order valence-electron chi connectivity index (χ0n) is 17.2. The van der Waals surface area contributed by atoms with Crippen LogP contribution >= 0.6 is 11.6 Å². The molecular weight excluding hydrogens is 419 g/mol. The van der Waals surface area contributed by atoms with E-state index in [1.807, 2.05) is 12.2 Å². The van der Waals surface area contributed by atoms with Crippen LogP contribution in [0, 0.1) is 11.8 Å². The minimum Gasteiger partial charge on any atom is -0.550 e. The maximum atomic E-state index is 10.4. The summed E-state index contributed by atoms with van der Waals surface area (Å²) in [5, 5.41) is 41.6. The minimum absolute atomic E-state index is 0. The zero-order valence-corrected chi connectivity index (χ0v) is 19.9. The van der Waals surface area contributed by atoms with Gasteiger partial charge in [0.1, 0.15) is 18.5 Å². The normalized spacial score (nSPS) is 24.8. The molecule has 30 heavy (non-hydrogen) atoms. The van der Waals surface area contributed by atoms with E-state index in [9.17, 15) is 25.2 Å². The van der Waals surface area contributed by atoms with Gasteiger partial charge in [-0.05, 0) is 49.8 Å². The first-order valence-electron chi connectivity index (χ1n) is 9.82. The number of carboxylic acids is 1. The van der Waals surface area contributed by atoms with Crippen LogP contribution in [0.5, 0.6) is 5.75 Å². The second-order valence-electron chi connectivity index (χ2n) is 7.30. The van der Waals surface area contributed by atoms with Crippen LogP contribution in [-0.4, -0.2) is 46.2 Å². The molecule has 1 aromatic rings. The van der Waals surface area contributed by atoms with Crippen molar-refractivity contribution >= 4 is 17.6 Å². The molecule has 1 aliphatic carbocycles. The topological polar surface area (TPSA) is 110 Å². The van der Waals surface area contributed by atoms with Crippen molar-refractivity contribution in [1.29, 1.82) is 0 Å². The van der Waals surface area contributed by atoms with Gasteiger partial charge in [0, 0.05) is 23.3 Å². The van der Waals surface area contributed by atoms with Crippen molar-refractivity contribution in [2.75, 3.05) is 6.61 Å². The Morgan fingerprint density at radius 2 is 2.07 bits per heavy atom. The van der Waals surface area contributed by atoms with E-state index >= 15 is 0 Å². The van der Waals surface area contributed by atoms with Gasteiger partial charge >= 0.3 is 29.6 Å². The molecule has 3 N–H and O–H groups in total. The smallest absolute Gasteiger partial charge is 0.550 e. The van der Waals surface area contributed by atoms with Crippen LogP contribution in [0.1, 0.15) is 32.1 Å². The summed E-state index contributed by atoms with van der Waals surface area (Å²) in [4.78, 5) is 10.4. The summed E-state index contributed by atoms with van der Waals surface area (Å²) in [6, 6.07) is 6.89. The van der Waals surface area contributed by atoms with Gasteiger partial charge in [0.05, 0.1) is 12.2 Å². The molecule has 1 unspecified atom stereocenters. The first-order chi connectivity index (χ1) is 13.9. The van der Waals surface area contributed by atoms with Crippen LogP contribution in [0.3, 0.4) is 0 Å². The average molecular weight is 447 g/mol. The largest absolute Gasteiger partial charge is 1.00 e. The van der Waals surface area contributed by atoms with Crippen molar-refractivity contribution in [2.24, 2.45) is 11.8 Å². The number of halogens is 1. The van der Waals surface area contributed by atoms with E-state index in [2.05, 4.69) is 0 Å². The fourth-order valence-electron chi connectivity index (χ4n) is 3.49. The molecule has 0 amide bonds. The standard InChI is InChI=1S/C22H29ClO6.Na/c23-15-6-5-7-17(12-15)29-14-16(24)10-11-19-18(20(25)13-21(19)26)8-3-1-2-4-9-22(27)28;/h1,3,5-7,10-12,16,18-21,24-26H,2,4,8-9,13-14H2,(H,27,28);/q;+1/p-1/b3-1-,11-10+;/t16-,18-,19?,20+,21-;/m1./s1. The van der Waals surface area contributed by atoms with Gasteiger partial charge < -0.3 is 30.0 Å². The first-order valence-corrected chi connectivity index (χ1v) is 10.2. The van der Waals surface area contributed by atoms with E-state index in [1.54, 1.807) is 36.4 Å². The molecule has 0 bridgehead atoms. The van der Waals surface area contributed by atoms with Gasteiger partial charge in [0.25, 0.3) is 0 Å². The van der Waals surface area contributed by atoms with Gasteiger partial charge in [-0.15, -0.1) is 0 Å². The maximum absolute atomic E-state index is 10.4.